The number of urea groups is 1. The summed E-state index contributed by atoms with van der Waals surface area (Å²) >= 11 is 1.18. The number of thioether (sulfide) groups is 1. The van der Waals surface area contributed by atoms with Gasteiger partial charge in [0.05, 0.1) is 11.3 Å². The highest BCUT2D eigenvalue weighted by Gasteiger charge is 2.19. The van der Waals surface area contributed by atoms with E-state index in [1.165, 1.54) is 11.8 Å². The summed E-state index contributed by atoms with van der Waals surface area (Å²) in [5.41, 5.74) is 3.20. The van der Waals surface area contributed by atoms with Crippen LogP contribution in [-0.4, -0.2) is 28.7 Å². The summed E-state index contributed by atoms with van der Waals surface area (Å²) in [6.07, 6.45) is 4.16. The average Bonchev–Trinajstić information content (AvgIpc) is 3.03. The molecular formula is C17H22N4O2S. The lowest BCUT2D eigenvalue weighted by Gasteiger charge is -2.13. The zero-order valence-corrected chi connectivity index (χ0v) is 15.0. The van der Waals surface area contributed by atoms with Crippen molar-refractivity contribution in [2.75, 3.05) is 5.75 Å². The molecule has 0 atom stereocenters. The molecule has 1 aromatic rings. The molecule has 1 heterocycles. The minimum atomic E-state index is -0.447. The number of hydrogen-bond acceptors (Lipinski definition) is 5. The molecule has 2 rings (SSSR count). The fourth-order valence-electron chi connectivity index (χ4n) is 2.74. The number of carbonyl (C=O) groups is 2. The van der Waals surface area contributed by atoms with Crippen molar-refractivity contribution in [3.63, 3.8) is 0 Å². The van der Waals surface area contributed by atoms with Gasteiger partial charge in [-0.1, -0.05) is 24.6 Å². The topological polar surface area (TPSA) is 94.9 Å². The summed E-state index contributed by atoms with van der Waals surface area (Å²) < 4.78 is 0. The van der Waals surface area contributed by atoms with Crippen LogP contribution in [0.5, 0.6) is 0 Å². The molecule has 7 heteroatoms. The molecule has 0 spiro atoms. The molecule has 3 amide bonds. The Morgan fingerprint density at radius 1 is 1.25 bits per heavy atom. The Morgan fingerprint density at radius 3 is 2.54 bits per heavy atom. The van der Waals surface area contributed by atoms with E-state index in [0.717, 1.165) is 42.5 Å². The maximum absolute atomic E-state index is 11.9. The largest absolute Gasteiger partial charge is 0.335 e. The maximum Gasteiger partial charge on any atom is 0.321 e. The molecule has 1 aliphatic rings. The van der Waals surface area contributed by atoms with E-state index in [1.807, 2.05) is 20.8 Å². The molecule has 0 unspecified atom stereocenters. The molecule has 6 nitrogen and oxygen atoms in total. The van der Waals surface area contributed by atoms with Crippen LogP contribution < -0.4 is 10.6 Å². The zero-order valence-electron chi connectivity index (χ0n) is 14.2. The van der Waals surface area contributed by atoms with Crippen molar-refractivity contribution in [1.29, 1.82) is 5.26 Å². The van der Waals surface area contributed by atoms with Crippen LogP contribution in [0.2, 0.25) is 0 Å². The van der Waals surface area contributed by atoms with Gasteiger partial charge >= 0.3 is 6.03 Å². The van der Waals surface area contributed by atoms with Gasteiger partial charge in [-0.15, -0.1) is 0 Å². The van der Waals surface area contributed by atoms with E-state index in [0.29, 0.717) is 10.6 Å². The first-order valence-corrected chi connectivity index (χ1v) is 9.02. The lowest BCUT2D eigenvalue weighted by molar-refractivity contribution is -0.117. The summed E-state index contributed by atoms with van der Waals surface area (Å²) in [5.74, 6) is -0.348. The number of nitrogens with zero attached hydrogens (tertiary/aromatic N) is 2. The highest BCUT2D eigenvalue weighted by atomic mass is 32.2. The van der Waals surface area contributed by atoms with Crippen molar-refractivity contribution < 1.29 is 9.59 Å². The average molecular weight is 346 g/mol. The van der Waals surface area contributed by atoms with Gasteiger partial charge in [-0.3, -0.25) is 10.1 Å². The van der Waals surface area contributed by atoms with Crippen LogP contribution >= 0.6 is 11.8 Å². The van der Waals surface area contributed by atoms with Gasteiger partial charge in [0, 0.05) is 11.7 Å². The smallest absolute Gasteiger partial charge is 0.321 e. The van der Waals surface area contributed by atoms with Crippen LogP contribution in [0, 0.1) is 32.1 Å². The van der Waals surface area contributed by atoms with Gasteiger partial charge in [-0.25, -0.2) is 9.78 Å². The van der Waals surface area contributed by atoms with Gasteiger partial charge < -0.3 is 5.32 Å². The summed E-state index contributed by atoms with van der Waals surface area (Å²) in [6.45, 7) is 5.68. The van der Waals surface area contributed by atoms with E-state index in [4.69, 9.17) is 0 Å². The number of pyridine rings is 1. The van der Waals surface area contributed by atoms with Crippen molar-refractivity contribution in [1.82, 2.24) is 15.6 Å². The molecule has 1 aliphatic carbocycles. The Balaban J connectivity index is 1.92. The van der Waals surface area contributed by atoms with Crippen molar-refractivity contribution in [3.8, 4) is 6.07 Å². The number of amides is 3. The van der Waals surface area contributed by atoms with Crippen LogP contribution in [0.3, 0.4) is 0 Å². The second kappa shape index (κ2) is 8.15. The third kappa shape index (κ3) is 4.48. The normalized spacial score (nSPS) is 14.2. The van der Waals surface area contributed by atoms with Crippen molar-refractivity contribution in [3.05, 3.63) is 22.4 Å². The standard InChI is InChI=1S/C17H22N4O2S/c1-10-11(2)14(8-18)16(19-12(10)3)24-9-15(22)21-17(23)20-13-6-4-5-7-13/h13H,4-7,9H2,1-3H3,(H2,20,21,22,23). The number of imide groups is 1. The number of aromatic nitrogens is 1. The third-order valence-electron chi connectivity index (χ3n) is 4.36. The highest BCUT2D eigenvalue weighted by Crippen LogP contribution is 2.26. The lowest BCUT2D eigenvalue weighted by Crippen LogP contribution is -2.44. The molecule has 1 saturated carbocycles. The van der Waals surface area contributed by atoms with Gasteiger partial charge in [-0.2, -0.15) is 5.26 Å². The molecule has 0 radical (unpaired) electrons. The first-order chi connectivity index (χ1) is 11.4. The number of aryl methyl sites for hydroxylation is 1. The number of nitriles is 1. The number of rotatable bonds is 4. The second-order valence-corrected chi connectivity index (χ2v) is 6.99. The van der Waals surface area contributed by atoms with E-state index in [2.05, 4.69) is 21.7 Å². The highest BCUT2D eigenvalue weighted by molar-refractivity contribution is 8.00. The van der Waals surface area contributed by atoms with E-state index >= 15 is 0 Å². The number of hydrogen-bond donors (Lipinski definition) is 2. The van der Waals surface area contributed by atoms with E-state index in [9.17, 15) is 14.9 Å². The Labute approximate surface area is 146 Å². The van der Waals surface area contributed by atoms with Crippen molar-refractivity contribution in [2.24, 2.45) is 0 Å². The fraction of sp³-hybridized carbons (Fsp3) is 0.529. The van der Waals surface area contributed by atoms with E-state index in [-0.39, 0.29) is 11.8 Å². The lowest BCUT2D eigenvalue weighted by atomic mass is 10.1. The number of carbonyl (C=O) groups excluding carboxylic acids is 2. The Bertz CT molecular complexity index is 691. The minimum absolute atomic E-state index is 0.0434. The van der Waals surface area contributed by atoms with Crippen LogP contribution in [0.1, 0.15) is 48.1 Å². The molecular weight excluding hydrogens is 324 g/mol. The van der Waals surface area contributed by atoms with Gasteiger partial charge in [0.15, 0.2) is 0 Å². The monoisotopic (exact) mass is 346 g/mol. The molecule has 1 aromatic heterocycles. The van der Waals surface area contributed by atoms with Gasteiger partial charge in [0.1, 0.15) is 11.1 Å². The Morgan fingerprint density at radius 2 is 1.92 bits per heavy atom. The molecule has 1 fully saturated rings. The third-order valence-corrected chi connectivity index (χ3v) is 5.33. The first-order valence-electron chi connectivity index (χ1n) is 8.03. The van der Waals surface area contributed by atoms with Gasteiger partial charge in [-0.05, 0) is 44.7 Å². The Kier molecular flexibility index (Phi) is 6.21. The van der Waals surface area contributed by atoms with E-state index in [1.54, 1.807) is 0 Å². The summed E-state index contributed by atoms with van der Waals surface area (Å²) in [5, 5.41) is 15.0. The molecule has 0 saturated heterocycles. The maximum atomic E-state index is 11.9. The quantitative estimate of drug-likeness (QED) is 0.817. The zero-order chi connectivity index (χ0) is 17.7. The molecule has 0 aromatic carbocycles. The van der Waals surface area contributed by atoms with Gasteiger partial charge in [0.2, 0.25) is 5.91 Å². The summed E-state index contributed by atoms with van der Waals surface area (Å²) in [4.78, 5) is 28.1. The summed E-state index contributed by atoms with van der Waals surface area (Å²) in [7, 11) is 0. The Hall–Kier alpha value is -2.07. The molecule has 0 aliphatic heterocycles. The molecule has 24 heavy (non-hydrogen) atoms. The summed E-state index contributed by atoms with van der Waals surface area (Å²) in [6, 6.07) is 1.87. The predicted molar refractivity (Wildman–Crippen MR) is 92.8 cm³/mol. The molecule has 2 N–H and O–H groups in total. The predicted octanol–water partition coefficient (Wildman–Crippen LogP) is 2.74. The van der Waals surface area contributed by atoms with Crippen LogP contribution in [0.25, 0.3) is 0 Å². The van der Waals surface area contributed by atoms with E-state index < -0.39 is 11.9 Å². The molecule has 0 bridgehead atoms. The van der Waals surface area contributed by atoms with Gasteiger partial charge in [0.25, 0.3) is 0 Å². The minimum Gasteiger partial charge on any atom is -0.335 e. The van der Waals surface area contributed by atoms with Crippen molar-refractivity contribution >= 4 is 23.7 Å². The molecule has 128 valence electrons. The van der Waals surface area contributed by atoms with Crippen molar-refractivity contribution in [2.45, 2.75) is 57.5 Å². The van der Waals surface area contributed by atoms with Crippen LogP contribution in [0.15, 0.2) is 5.03 Å². The van der Waals surface area contributed by atoms with Crippen LogP contribution in [-0.2, 0) is 4.79 Å². The fourth-order valence-corrected chi connectivity index (χ4v) is 3.62. The SMILES string of the molecule is Cc1nc(SCC(=O)NC(=O)NC2CCCC2)c(C#N)c(C)c1C. The first kappa shape index (κ1) is 18.3. The number of nitrogens with one attached hydrogen (secondary N) is 2. The van der Waals surface area contributed by atoms with Crippen LogP contribution in [0.4, 0.5) is 4.79 Å². The second-order valence-electron chi connectivity index (χ2n) is 6.03.